The topological polar surface area (TPSA) is 92.8 Å². The minimum atomic E-state index is -1.19. The van der Waals surface area contributed by atoms with Crippen LogP contribution in [0.2, 0.25) is 5.02 Å². The molecule has 0 unspecified atom stereocenters. The lowest BCUT2D eigenvalue weighted by Crippen LogP contribution is -2.39. The number of nitrogens with zero attached hydrogens (tertiary/aromatic N) is 1. The molecule has 1 saturated heterocycles. The summed E-state index contributed by atoms with van der Waals surface area (Å²) < 4.78 is 18.1. The predicted molar refractivity (Wildman–Crippen MR) is 97.8 cm³/mol. The molecule has 1 heterocycles. The molecule has 3 rings (SSSR count). The Morgan fingerprint density at radius 1 is 1.25 bits per heavy atom. The van der Waals surface area contributed by atoms with E-state index in [4.69, 9.17) is 16.3 Å². The number of hydrogen-bond donors (Lipinski definition) is 1. The molecule has 1 aromatic rings. The number of ether oxygens (including phenoxy) is 1. The van der Waals surface area contributed by atoms with Crippen LogP contribution in [-0.2, 0) is 23.9 Å². The molecule has 3 amide bonds. The maximum atomic E-state index is 13.1. The number of esters is 1. The Kier molecular flexibility index (Phi) is 5.98. The third-order valence-corrected chi connectivity index (χ3v) is 5.40. The Balaban J connectivity index is 1.56. The summed E-state index contributed by atoms with van der Waals surface area (Å²) in [6.07, 6.45) is 1.89. The summed E-state index contributed by atoms with van der Waals surface area (Å²) in [5, 5.41) is 2.43. The molecule has 2 aliphatic rings. The van der Waals surface area contributed by atoms with Crippen LogP contribution in [0.1, 0.15) is 32.6 Å². The first-order valence-electron chi connectivity index (χ1n) is 9.08. The number of nitrogens with one attached hydrogen (secondary N) is 1. The highest BCUT2D eigenvalue weighted by Gasteiger charge is 2.48. The van der Waals surface area contributed by atoms with Crippen molar-refractivity contribution in [1.82, 2.24) is 4.90 Å². The summed E-state index contributed by atoms with van der Waals surface area (Å²) >= 11 is 5.85. The van der Waals surface area contributed by atoms with Gasteiger partial charge < -0.3 is 10.1 Å². The van der Waals surface area contributed by atoms with Crippen LogP contribution >= 0.6 is 11.6 Å². The number of rotatable bonds is 5. The first-order chi connectivity index (χ1) is 13.3. The molecule has 7 nitrogen and oxygen atoms in total. The first kappa shape index (κ1) is 20.3. The van der Waals surface area contributed by atoms with E-state index in [-0.39, 0.29) is 34.4 Å². The molecule has 1 aliphatic carbocycles. The molecular formula is C19H20ClFN2O5. The van der Waals surface area contributed by atoms with Crippen LogP contribution in [0, 0.1) is 17.7 Å². The minimum absolute atomic E-state index is 0.00254. The van der Waals surface area contributed by atoms with Crippen LogP contribution < -0.4 is 5.32 Å². The molecular weight excluding hydrogens is 391 g/mol. The van der Waals surface area contributed by atoms with Gasteiger partial charge in [0.15, 0.2) is 6.10 Å². The summed E-state index contributed by atoms with van der Waals surface area (Å²) in [6, 6.07) is 3.45. The molecule has 1 saturated carbocycles. The van der Waals surface area contributed by atoms with Crippen molar-refractivity contribution in [3.05, 3.63) is 29.0 Å². The fourth-order valence-electron chi connectivity index (χ4n) is 3.63. The molecule has 0 bridgehead atoms. The molecule has 0 aromatic heterocycles. The molecule has 1 aliphatic heterocycles. The van der Waals surface area contributed by atoms with E-state index in [2.05, 4.69) is 5.32 Å². The van der Waals surface area contributed by atoms with Gasteiger partial charge in [-0.05, 0) is 38.0 Å². The quantitative estimate of drug-likeness (QED) is 0.594. The number of imide groups is 1. The number of carbonyl (C=O) groups excluding carboxylic acids is 4. The van der Waals surface area contributed by atoms with Gasteiger partial charge in [-0.15, -0.1) is 0 Å². The third kappa shape index (κ3) is 4.16. The largest absolute Gasteiger partial charge is 0.451 e. The molecule has 9 heteroatoms. The number of amides is 3. The van der Waals surface area contributed by atoms with E-state index >= 15 is 0 Å². The van der Waals surface area contributed by atoms with Gasteiger partial charge in [0, 0.05) is 0 Å². The maximum Gasteiger partial charge on any atom is 0.326 e. The zero-order valence-corrected chi connectivity index (χ0v) is 16.0. The molecule has 1 N–H and O–H groups in total. The number of hydrogen-bond acceptors (Lipinski definition) is 5. The zero-order chi connectivity index (χ0) is 20.4. The number of carbonyl (C=O) groups is 4. The third-order valence-electron chi connectivity index (χ3n) is 5.09. The second kappa shape index (κ2) is 8.26. The lowest BCUT2D eigenvalue weighted by molar-refractivity contribution is -0.158. The summed E-state index contributed by atoms with van der Waals surface area (Å²) in [6.45, 7) is 0.831. The number of benzene rings is 1. The van der Waals surface area contributed by atoms with Crippen molar-refractivity contribution in [2.45, 2.75) is 38.7 Å². The fraction of sp³-hybridized carbons (Fsp3) is 0.474. The minimum Gasteiger partial charge on any atom is -0.451 e. The first-order valence-corrected chi connectivity index (χ1v) is 9.46. The number of halogens is 2. The number of likely N-dealkylation sites (tertiary alicyclic amines) is 1. The van der Waals surface area contributed by atoms with Gasteiger partial charge in [0.2, 0.25) is 11.8 Å². The van der Waals surface area contributed by atoms with Gasteiger partial charge in [-0.25, -0.2) is 4.39 Å². The molecule has 28 heavy (non-hydrogen) atoms. The van der Waals surface area contributed by atoms with Crippen molar-refractivity contribution in [3.63, 3.8) is 0 Å². The van der Waals surface area contributed by atoms with Crippen molar-refractivity contribution in [2.75, 3.05) is 11.9 Å². The second-order valence-electron chi connectivity index (χ2n) is 7.01. The fourth-order valence-corrected chi connectivity index (χ4v) is 3.84. The van der Waals surface area contributed by atoms with Crippen molar-refractivity contribution >= 4 is 41.0 Å². The molecule has 2 fully saturated rings. The van der Waals surface area contributed by atoms with E-state index in [0.29, 0.717) is 12.8 Å². The highest BCUT2D eigenvalue weighted by atomic mass is 35.5. The number of fused-ring (bicyclic) bond motifs is 1. The van der Waals surface area contributed by atoms with Gasteiger partial charge in [0.1, 0.15) is 12.4 Å². The van der Waals surface area contributed by atoms with Gasteiger partial charge in [-0.3, -0.25) is 24.1 Å². The van der Waals surface area contributed by atoms with E-state index in [0.717, 1.165) is 29.9 Å². The van der Waals surface area contributed by atoms with E-state index in [1.54, 1.807) is 0 Å². The molecule has 150 valence electrons. The van der Waals surface area contributed by atoms with Crippen molar-refractivity contribution < 1.29 is 28.3 Å². The Bertz CT molecular complexity index is 807. The predicted octanol–water partition coefficient (Wildman–Crippen LogP) is 2.52. The normalized spacial score (nSPS) is 22.6. The van der Waals surface area contributed by atoms with Gasteiger partial charge >= 0.3 is 5.97 Å². The summed E-state index contributed by atoms with van der Waals surface area (Å²) in [4.78, 5) is 50.0. The van der Waals surface area contributed by atoms with Crippen molar-refractivity contribution in [1.29, 1.82) is 0 Å². The Morgan fingerprint density at radius 3 is 2.43 bits per heavy atom. The summed E-state index contributed by atoms with van der Waals surface area (Å²) in [7, 11) is 0. The van der Waals surface area contributed by atoms with Crippen LogP contribution in [0.15, 0.2) is 18.2 Å². The standard InChI is InChI=1S/C19H20ClFN2O5/c1-10(17(25)22-15-7-6-11(21)8-14(15)20)28-16(24)9-23-18(26)12-4-2-3-5-13(12)19(23)27/h6-8,10,12-13H,2-5,9H2,1H3,(H,22,25)/t10-,12+,13+/m1/s1. The van der Waals surface area contributed by atoms with Gasteiger partial charge in [0.05, 0.1) is 22.5 Å². The molecule has 1 aromatic carbocycles. The zero-order valence-electron chi connectivity index (χ0n) is 15.2. The second-order valence-corrected chi connectivity index (χ2v) is 7.41. The Morgan fingerprint density at radius 2 is 1.86 bits per heavy atom. The molecule has 0 spiro atoms. The van der Waals surface area contributed by atoms with E-state index in [9.17, 15) is 23.6 Å². The van der Waals surface area contributed by atoms with E-state index in [1.807, 2.05) is 0 Å². The Labute approximate surface area is 166 Å². The van der Waals surface area contributed by atoms with E-state index < -0.39 is 30.3 Å². The van der Waals surface area contributed by atoms with Crippen LogP contribution in [-0.4, -0.2) is 41.2 Å². The van der Waals surface area contributed by atoms with E-state index in [1.165, 1.54) is 13.0 Å². The molecule has 0 radical (unpaired) electrons. The smallest absolute Gasteiger partial charge is 0.326 e. The summed E-state index contributed by atoms with van der Waals surface area (Å²) in [5.41, 5.74) is 0.171. The van der Waals surface area contributed by atoms with Crippen LogP contribution in [0.25, 0.3) is 0 Å². The number of anilines is 1. The van der Waals surface area contributed by atoms with Gasteiger partial charge in [0.25, 0.3) is 5.91 Å². The average molecular weight is 411 g/mol. The Hall–Kier alpha value is -2.48. The summed E-state index contributed by atoms with van der Waals surface area (Å²) in [5.74, 6) is -3.47. The van der Waals surface area contributed by atoms with Gasteiger partial charge in [-0.2, -0.15) is 0 Å². The van der Waals surface area contributed by atoms with Crippen LogP contribution in [0.5, 0.6) is 0 Å². The highest BCUT2D eigenvalue weighted by molar-refractivity contribution is 6.33. The SMILES string of the molecule is C[C@@H](OC(=O)CN1C(=O)[C@H]2CCCC[C@@H]2C1=O)C(=O)Nc1ccc(F)cc1Cl. The average Bonchev–Trinajstić information content (AvgIpc) is 2.89. The lowest BCUT2D eigenvalue weighted by Gasteiger charge is -2.19. The monoisotopic (exact) mass is 410 g/mol. The highest BCUT2D eigenvalue weighted by Crippen LogP contribution is 2.37. The van der Waals surface area contributed by atoms with Crippen molar-refractivity contribution in [2.24, 2.45) is 11.8 Å². The molecule has 3 atom stereocenters. The van der Waals surface area contributed by atoms with Crippen LogP contribution in [0.3, 0.4) is 0 Å². The van der Waals surface area contributed by atoms with Crippen LogP contribution in [0.4, 0.5) is 10.1 Å². The lowest BCUT2D eigenvalue weighted by atomic mass is 9.81. The van der Waals surface area contributed by atoms with Gasteiger partial charge in [-0.1, -0.05) is 24.4 Å². The van der Waals surface area contributed by atoms with Crippen molar-refractivity contribution in [3.8, 4) is 0 Å². The maximum absolute atomic E-state index is 13.1.